The van der Waals surface area contributed by atoms with Crippen LogP contribution in [0, 0.1) is 0 Å². The van der Waals surface area contributed by atoms with Gasteiger partial charge in [-0.25, -0.2) is 14.4 Å². The molecule has 1 amide bonds. The number of halogens is 1. The Labute approximate surface area is 240 Å². The van der Waals surface area contributed by atoms with Gasteiger partial charge in [0.05, 0.1) is 17.5 Å². The summed E-state index contributed by atoms with van der Waals surface area (Å²) in [6, 6.07) is 11.7. The highest BCUT2D eigenvalue weighted by Crippen LogP contribution is 2.40. The van der Waals surface area contributed by atoms with Crippen LogP contribution >= 0.6 is 11.8 Å². The fraction of sp³-hybridized carbons (Fsp3) is 0.310. The molecule has 0 fully saturated rings. The first-order valence-electron chi connectivity index (χ1n) is 12.9. The van der Waals surface area contributed by atoms with Gasteiger partial charge in [-0.1, -0.05) is 24.8 Å². The van der Waals surface area contributed by atoms with Crippen LogP contribution in [0.4, 0.5) is 23.1 Å². The molecule has 3 aromatic heterocycles. The van der Waals surface area contributed by atoms with Crippen LogP contribution in [-0.4, -0.2) is 70.7 Å². The van der Waals surface area contributed by atoms with Crippen molar-refractivity contribution in [2.45, 2.75) is 20.0 Å². The molecule has 0 spiro atoms. The first kappa shape index (κ1) is 28.8. The van der Waals surface area contributed by atoms with Gasteiger partial charge in [-0.15, -0.1) is 0 Å². The van der Waals surface area contributed by atoms with Gasteiger partial charge in [0, 0.05) is 67.8 Å². The van der Waals surface area contributed by atoms with E-state index in [0.717, 1.165) is 23.0 Å². The molecule has 0 aliphatic carbocycles. The minimum Gasteiger partial charge on any atom is -0.473 e. The minimum atomic E-state index is -0.372. The van der Waals surface area contributed by atoms with E-state index < -0.39 is 0 Å². The highest BCUT2D eigenvalue weighted by Gasteiger charge is 2.24. The average molecular weight is 563 g/mol. The molecular weight excluding hydrogens is 528 g/mol. The third kappa shape index (κ3) is 6.35. The van der Waals surface area contributed by atoms with Crippen molar-refractivity contribution in [2.24, 2.45) is 7.05 Å². The van der Waals surface area contributed by atoms with Crippen molar-refractivity contribution in [2.75, 3.05) is 48.9 Å². The molecule has 0 radical (unpaired) electrons. The normalized spacial score (nSPS) is 11.2. The predicted octanol–water partition coefficient (Wildman–Crippen LogP) is 5.23. The Morgan fingerprint density at radius 3 is 2.62 bits per heavy atom. The zero-order valence-electron chi connectivity index (χ0n) is 23.7. The summed E-state index contributed by atoms with van der Waals surface area (Å²) in [5.41, 5.74) is 3.60. The second-order valence-corrected chi connectivity index (χ2v) is 10.3. The number of aromatic nitrogens is 4. The molecule has 0 saturated heterocycles. The fourth-order valence-electron chi connectivity index (χ4n) is 4.20. The molecule has 0 aliphatic heterocycles. The van der Waals surface area contributed by atoms with Crippen LogP contribution in [0.1, 0.15) is 13.8 Å². The van der Waals surface area contributed by atoms with Crippen molar-refractivity contribution >= 4 is 51.7 Å². The monoisotopic (exact) mass is 562 g/mol. The lowest BCUT2D eigenvalue weighted by Gasteiger charge is -2.26. The molecule has 4 rings (SSSR count). The summed E-state index contributed by atoms with van der Waals surface area (Å²) in [7, 11) is 7.90. The lowest BCUT2D eigenvalue weighted by Crippen LogP contribution is -2.30. The number of ether oxygens (including phenoxy) is 1. The molecule has 0 bridgehead atoms. The number of likely N-dealkylation sites (N-methyl/N-ethyl adjacent to an activating group) is 2. The Hall–Kier alpha value is -4.15. The van der Waals surface area contributed by atoms with Crippen molar-refractivity contribution in [1.29, 1.82) is 0 Å². The van der Waals surface area contributed by atoms with Gasteiger partial charge in [-0.3, -0.25) is 4.79 Å². The van der Waals surface area contributed by atoms with E-state index in [0.29, 0.717) is 29.4 Å². The summed E-state index contributed by atoms with van der Waals surface area (Å²) >= 11 is 6.91. The number of carbonyl (C=O) groups is 1. The van der Waals surface area contributed by atoms with Crippen molar-refractivity contribution < 1.29 is 9.53 Å². The molecule has 210 valence electrons. The number of aryl methyl sites for hydroxylation is 1. The summed E-state index contributed by atoms with van der Waals surface area (Å²) in [4.78, 5) is 30.4. The van der Waals surface area contributed by atoms with E-state index in [-0.39, 0.29) is 23.8 Å². The molecule has 1 N–H and O–H groups in total. The fourth-order valence-corrected chi connectivity index (χ4v) is 4.40. The first-order valence-corrected chi connectivity index (χ1v) is 13.3. The smallest absolute Gasteiger partial charge is 0.247 e. The number of nitrogens with zero attached hydrogens (tertiary/aromatic N) is 7. The maximum atomic E-state index is 12.4. The van der Waals surface area contributed by atoms with Crippen molar-refractivity contribution in [3.05, 3.63) is 61.4 Å². The lowest BCUT2D eigenvalue weighted by molar-refractivity contribution is -0.111. The standard InChI is InChI=1S/C29H35ClN8O2/c1-8-26(39)32-23-17-25(28(40-19(2)3)34-27(23)36(6)16-15-35(4)5)38(30)29-31-14-13-22(33-29)21-18-37(7)24-12-10-9-11-20(21)24/h8-14,17-19H,1,15-16H2,2-7H3,(H,32,39). The molecule has 40 heavy (non-hydrogen) atoms. The molecule has 0 atom stereocenters. The molecule has 1 aromatic carbocycles. The van der Waals surface area contributed by atoms with Crippen molar-refractivity contribution in [3.8, 4) is 17.1 Å². The van der Waals surface area contributed by atoms with Crippen LogP contribution in [0.25, 0.3) is 22.2 Å². The van der Waals surface area contributed by atoms with Gasteiger partial charge < -0.3 is 24.4 Å². The molecule has 0 unspecified atom stereocenters. The maximum Gasteiger partial charge on any atom is 0.247 e. The summed E-state index contributed by atoms with van der Waals surface area (Å²) in [6.45, 7) is 8.84. The molecule has 3 heterocycles. The van der Waals surface area contributed by atoms with E-state index in [1.807, 2.05) is 71.3 Å². The van der Waals surface area contributed by atoms with Crippen LogP contribution in [0.15, 0.2) is 61.4 Å². The molecule has 10 nitrogen and oxygen atoms in total. The Morgan fingerprint density at radius 1 is 1.18 bits per heavy atom. The summed E-state index contributed by atoms with van der Waals surface area (Å²) < 4.78 is 9.46. The minimum absolute atomic E-state index is 0.187. The average Bonchev–Trinajstić information content (AvgIpc) is 3.28. The number of para-hydroxylation sites is 1. The highest BCUT2D eigenvalue weighted by molar-refractivity contribution is 6.29. The maximum absolute atomic E-state index is 12.4. The predicted molar refractivity (Wildman–Crippen MR) is 163 cm³/mol. The van der Waals surface area contributed by atoms with E-state index in [2.05, 4.69) is 38.5 Å². The SMILES string of the molecule is C=CC(=O)Nc1cc(N(Cl)c2nccc(-c3cn(C)c4ccccc34)n2)c(OC(C)C)nc1N(C)CCN(C)C. The van der Waals surface area contributed by atoms with E-state index in [1.165, 1.54) is 10.5 Å². The van der Waals surface area contributed by atoms with Gasteiger partial charge in [0.15, 0.2) is 5.82 Å². The number of rotatable bonds is 11. The third-order valence-electron chi connectivity index (χ3n) is 6.19. The van der Waals surface area contributed by atoms with Crippen LogP contribution in [0.5, 0.6) is 5.88 Å². The van der Waals surface area contributed by atoms with Crippen LogP contribution in [0.2, 0.25) is 0 Å². The van der Waals surface area contributed by atoms with Gasteiger partial charge in [0.2, 0.25) is 17.7 Å². The van der Waals surface area contributed by atoms with Crippen molar-refractivity contribution in [3.63, 3.8) is 0 Å². The number of anilines is 4. The Bertz CT molecular complexity index is 1520. The number of pyridine rings is 1. The number of amides is 1. The van der Waals surface area contributed by atoms with E-state index >= 15 is 0 Å². The number of carbonyl (C=O) groups excluding carboxylic acids is 1. The second kappa shape index (κ2) is 12.4. The third-order valence-corrected chi connectivity index (χ3v) is 6.52. The largest absolute Gasteiger partial charge is 0.473 e. The zero-order valence-corrected chi connectivity index (χ0v) is 24.5. The molecule has 0 saturated carbocycles. The van der Waals surface area contributed by atoms with Gasteiger partial charge in [0.1, 0.15) is 5.69 Å². The lowest BCUT2D eigenvalue weighted by atomic mass is 10.1. The number of fused-ring (bicyclic) bond motifs is 1. The molecule has 0 aliphatic rings. The number of hydrogen-bond donors (Lipinski definition) is 1. The molecule has 4 aromatic rings. The van der Waals surface area contributed by atoms with E-state index in [1.54, 1.807) is 12.3 Å². The van der Waals surface area contributed by atoms with Gasteiger partial charge >= 0.3 is 0 Å². The first-order chi connectivity index (χ1) is 19.1. The zero-order chi connectivity index (χ0) is 29.0. The van der Waals surface area contributed by atoms with E-state index in [4.69, 9.17) is 26.5 Å². The van der Waals surface area contributed by atoms with Crippen LogP contribution in [-0.2, 0) is 11.8 Å². The van der Waals surface area contributed by atoms with E-state index in [9.17, 15) is 4.79 Å². The van der Waals surface area contributed by atoms with Gasteiger partial charge in [0.25, 0.3) is 0 Å². The molecule has 11 heteroatoms. The number of nitrogens with one attached hydrogen (secondary N) is 1. The quantitative estimate of drug-likeness (QED) is 0.196. The Kier molecular flexibility index (Phi) is 8.91. The number of hydrogen-bond acceptors (Lipinski definition) is 8. The summed E-state index contributed by atoms with van der Waals surface area (Å²) in [6.07, 6.45) is 4.71. The summed E-state index contributed by atoms with van der Waals surface area (Å²) in [5, 5.41) is 3.93. The Balaban J connectivity index is 1.80. The summed E-state index contributed by atoms with van der Waals surface area (Å²) in [5.74, 6) is 0.680. The van der Waals surface area contributed by atoms with Gasteiger partial charge in [-0.05, 0) is 52.2 Å². The highest BCUT2D eigenvalue weighted by atomic mass is 35.5. The molecular formula is C29H35ClN8O2. The second-order valence-electron chi connectivity index (χ2n) is 9.96. The Morgan fingerprint density at radius 2 is 1.93 bits per heavy atom. The number of benzene rings is 1. The van der Waals surface area contributed by atoms with Crippen LogP contribution < -0.4 is 19.4 Å². The van der Waals surface area contributed by atoms with Gasteiger partial charge in [-0.2, -0.15) is 4.98 Å². The van der Waals surface area contributed by atoms with Crippen LogP contribution in [0.3, 0.4) is 0 Å². The van der Waals surface area contributed by atoms with Crippen molar-refractivity contribution in [1.82, 2.24) is 24.4 Å². The topological polar surface area (TPSA) is 91.6 Å².